The standard InChI is InChI=1S/C14H12F2N4O2S/c1-8-5-11(12(15)16)18-13(9(8)6-17)23-7-20-4-3-10(19-20)14(21)22-2/h3-5,12H,7H2,1-2H3. The number of alkyl halides is 2. The van der Waals surface area contributed by atoms with E-state index in [1.54, 1.807) is 13.1 Å². The highest BCUT2D eigenvalue weighted by molar-refractivity contribution is 7.98. The van der Waals surface area contributed by atoms with Crippen LogP contribution in [0.4, 0.5) is 8.78 Å². The summed E-state index contributed by atoms with van der Waals surface area (Å²) in [6, 6.07) is 4.65. The number of carbonyl (C=O) groups excluding carboxylic acids is 1. The Labute approximate surface area is 135 Å². The predicted molar refractivity (Wildman–Crippen MR) is 78.1 cm³/mol. The normalized spacial score (nSPS) is 10.6. The maximum absolute atomic E-state index is 12.8. The van der Waals surface area contributed by atoms with Gasteiger partial charge in [-0.1, -0.05) is 11.8 Å². The summed E-state index contributed by atoms with van der Waals surface area (Å²) in [6.07, 6.45) is -1.16. The summed E-state index contributed by atoms with van der Waals surface area (Å²) in [5, 5.41) is 13.4. The van der Waals surface area contributed by atoms with Gasteiger partial charge in [-0.15, -0.1) is 0 Å². The Hall–Kier alpha value is -2.47. The molecule has 0 aliphatic rings. The quantitative estimate of drug-likeness (QED) is 0.616. The van der Waals surface area contributed by atoms with Gasteiger partial charge in [0.2, 0.25) is 0 Å². The number of pyridine rings is 1. The van der Waals surface area contributed by atoms with Gasteiger partial charge in [0, 0.05) is 6.20 Å². The number of halogens is 2. The number of ether oxygens (including phenoxy) is 1. The molecule has 2 heterocycles. The third kappa shape index (κ3) is 3.84. The molecule has 0 aliphatic carbocycles. The lowest BCUT2D eigenvalue weighted by molar-refractivity contribution is 0.0593. The zero-order valence-corrected chi connectivity index (χ0v) is 13.1. The highest BCUT2D eigenvalue weighted by atomic mass is 32.2. The molecule has 0 saturated carbocycles. The molecule has 0 amide bonds. The number of nitriles is 1. The average molecular weight is 338 g/mol. The van der Waals surface area contributed by atoms with E-state index in [9.17, 15) is 13.6 Å². The second-order valence-corrected chi connectivity index (χ2v) is 5.40. The first-order chi connectivity index (χ1) is 11.0. The third-order valence-corrected chi connectivity index (χ3v) is 3.87. The molecule has 0 saturated heterocycles. The highest BCUT2D eigenvalue weighted by Crippen LogP contribution is 2.28. The first-order valence-corrected chi connectivity index (χ1v) is 7.39. The fourth-order valence-corrected chi connectivity index (χ4v) is 2.71. The number of hydrogen-bond acceptors (Lipinski definition) is 6. The maximum atomic E-state index is 12.8. The molecule has 2 rings (SSSR count). The molecule has 23 heavy (non-hydrogen) atoms. The summed E-state index contributed by atoms with van der Waals surface area (Å²) < 4.78 is 31.6. The average Bonchev–Trinajstić information content (AvgIpc) is 3.00. The monoisotopic (exact) mass is 338 g/mol. The van der Waals surface area contributed by atoms with Gasteiger partial charge in [-0.2, -0.15) is 10.4 Å². The molecule has 0 N–H and O–H groups in total. The number of rotatable bonds is 5. The van der Waals surface area contributed by atoms with E-state index in [1.807, 2.05) is 6.07 Å². The lowest BCUT2D eigenvalue weighted by atomic mass is 10.1. The second-order valence-electron chi connectivity index (χ2n) is 4.46. The lowest BCUT2D eigenvalue weighted by Crippen LogP contribution is -2.05. The molecule has 0 bridgehead atoms. The van der Waals surface area contributed by atoms with Crippen LogP contribution in [0.25, 0.3) is 0 Å². The molecule has 9 heteroatoms. The van der Waals surface area contributed by atoms with Gasteiger partial charge in [-0.25, -0.2) is 18.6 Å². The molecule has 0 radical (unpaired) electrons. The minimum Gasteiger partial charge on any atom is -0.464 e. The Morgan fingerprint density at radius 3 is 2.91 bits per heavy atom. The third-order valence-electron chi connectivity index (χ3n) is 2.91. The Kier molecular flexibility index (Phi) is 5.28. The SMILES string of the molecule is COC(=O)c1ccn(CSc2nc(C(F)F)cc(C)c2C#N)n1. The van der Waals surface area contributed by atoms with Crippen molar-refractivity contribution < 1.29 is 18.3 Å². The summed E-state index contributed by atoms with van der Waals surface area (Å²) >= 11 is 1.08. The number of aromatic nitrogens is 3. The van der Waals surface area contributed by atoms with E-state index in [4.69, 9.17) is 5.26 Å². The number of nitrogens with zero attached hydrogens (tertiary/aromatic N) is 4. The van der Waals surface area contributed by atoms with Crippen LogP contribution in [0.15, 0.2) is 23.4 Å². The van der Waals surface area contributed by atoms with Crippen LogP contribution < -0.4 is 0 Å². The second kappa shape index (κ2) is 7.19. The van der Waals surface area contributed by atoms with Crippen LogP contribution in [0.3, 0.4) is 0 Å². The van der Waals surface area contributed by atoms with Crippen molar-refractivity contribution in [2.24, 2.45) is 0 Å². The molecular weight excluding hydrogens is 326 g/mol. The molecule has 0 unspecified atom stereocenters. The van der Waals surface area contributed by atoms with Gasteiger partial charge in [0.1, 0.15) is 16.8 Å². The van der Waals surface area contributed by atoms with E-state index < -0.39 is 12.4 Å². The first-order valence-electron chi connectivity index (χ1n) is 6.40. The molecule has 0 aliphatic heterocycles. The fraction of sp³-hybridized carbons (Fsp3) is 0.286. The summed E-state index contributed by atoms with van der Waals surface area (Å²) in [4.78, 5) is 15.2. The van der Waals surface area contributed by atoms with Crippen molar-refractivity contribution >= 4 is 17.7 Å². The molecule has 0 spiro atoms. The van der Waals surface area contributed by atoms with E-state index >= 15 is 0 Å². The van der Waals surface area contributed by atoms with Crippen molar-refractivity contribution in [3.05, 3.63) is 40.8 Å². The van der Waals surface area contributed by atoms with Crippen LogP contribution >= 0.6 is 11.8 Å². The van der Waals surface area contributed by atoms with E-state index in [0.29, 0.717) is 5.56 Å². The van der Waals surface area contributed by atoms with Crippen LogP contribution in [0.2, 0.25) is 0 Å². The number of esters is 1. The van der Waals surface area contributed by atoms with Gasteiger partial charge >= 0.3 is 5.97 Å². The van der Waals surface area contributed by atoms with Crippen LogP contribution in [0.5, 0.6) is 0 Å². The van der Waals surface area contributed by atoms with Crippen molar-refractivity contribution in [2.75, 3.05) is 7.11 Å². The van der Waals surface area contributed by atoms with Crippen molar-refractivity contribution in [3.63, 3.8) is 0 Å². The van der Waals surface area contributed by atoms with Gasteiger partial charge in [0.15, 0.2) is 5.69 Å². The van der Waals surface area contributed by atoms with E-state index in [-0.39, 0.29) is 27.9 Å². The number of hydrogen-bond donors (Lipinski definition) is 0. The first kappa shape index (κ1) is 16.9. The number of thioether (sulfide) groups is 1. The lowest BCUT2D eigenvalue weighted by Gasteiger charge is -2.09. The van der Waals surface area contributed by atoms with E-state index in [0.717, 1.165) is 11.8 Å². The Balaban J connectivity index is 2.21. The predicted octanol–water partition coefficient (Wildman–Crippen LogP) is 2.93. The smallest absolute Gasteiger partial charge is 0.358 e. The van der Waals surface area contributed by atoms with Crippen LogP contribution in [-0.2, 0) is 10.6 Å². The summed E-state index contributed by atoms with van der Waals surface area (Å²) in [6.45, 7) is 1.58. The van der Waals surface area contributed by atoms with Gasteiger partial charge < -0.3 is 4.74 Å². The number of aryl methyl sites for hydroxylation is 1. The Morgan fingerprint density at radius 1 is 1.57 bits per heavy atom. The van der Waals surface area contributed by atoms with Crippen molar-refractivity contribution in [1.82, 2.24) is 14.8 Å². The van der Waals surface area contributed by atoms with Crippen molar-refractivity contribution in [1.29, 1.82) is 5.26 Å². The molecule has 2 aromatic heterocycles. The number of methoxy groups -OCH3 is 1. The van der Waals surface area contributed by atoms with Crippen LogP contribution in [0.1, 0.15) is 33.7 Å². The summed E-state index contributed by atoms with van der Waals surface area (Å²) in [5.74, 6) is -0.356. The van der Waals surface area contributed by atoms with Gasteiger partial charge in [0.25, 0.3) is 6.43 Å². The topological polar surface area (TPSA) is 80.8 Å². The molecule has 120 valence electrons. The Morgan fingerprint density at radius 2 is 2.30 bits per heavy atom. The minimum atomic E-state index is -2.71. The Bertz CT molecular complexity index is 771. The molecule has 6 nitrogen and oxygen atoms in total. The van der Waals surface area contributed by atoms with Crippen LogP contribution in [0, 0.1) is 18.3 Å². The van der Waals surface area contributed by atoms with E-state index in [2.05, 4.69) is 14.8 Å². The zero-order chi connectivity index (χ0) is 17.0. The zero-order valence-electron chi connectivity index (χ0n) is 12.3. The molecule has 0 aromatic carbocycles. The molecule has 0 atom stereocenters. The molecule has 2 aromatic rings. The van der Waals surface area contributed by atoms with E-state index in [1.165, 1.54) is 23.9 Å². The van der Waals surface area contributed by atoms with Crippen LogP contribution in [-0.4, -0.2) is 27.8 Å². The van der Waals surface area contributed by atoms with Gasteiger partial charge in [-0.3, -0.25) is 4.68 Å². The summed E-state index contributed by atoms with van der Waals surface area (Å²) in [5.41, 5.74) is 0.453. The van der Waals surface area contributed by atoms with Gasteiger partial charge in [0.05, 0.1) is 18.6 Å². The minimum absolute atomic E-state index is 0.138. The van der Waals surface area contributed by atoms with Crippen molar-refractivity contribution in [3.8, 4) is 6.07 Å². The molecular formula is C14H12F2N4O2S. The largest absolute Gasteiger partial charge is 0.464 e. The maximum Gasteiger partial charge on any atom is 0.358 e. The van der Waals surface area contributed by atoms with Gasteiger partial charge in [-0.05, 0) is 24.6 Å². The number of carbonyl (C=O) groups is 1. The highest BCUT2D eigenvalue weighted by Gasteiger charge is 2.16. The van der Waals surface area contributed by atoms with Crippen molar-refractivity contribution in [2.45, 2.75) is 24.3 Å². The fourth-order valence-electron chi connectivity index (χ4n) is 1.79. The molecule has 0 fully saturated rings. The summed E-state index contributed by atoms with van der Waals surface area (Å²) in [7, 11) is 1.25.